The number of likely N-dealkylation sites (N-methyl/N-ethyl adjacent to an activating group) is 1. The van der Waals surface area contributed by atoms with Gasteiger partial charge in [0.05, 0.1) is 6.04 Å². The first-order chi connectivity index (χ1) is 8.40. The zero-order chi connectivity index (χ0) is 13.7. The average molecular weight is 255 g/mol. The molecule has 3 unspecified atom stereocenters. The molecule has 4 nitrogen and oxygen atoms in total. The van der Waals surface area contributed by atoms with Gasteiger partial charge in [-0.1, -0.05) is 6.92 Å². The van der Waals surface area contributed by atoms with Crippen molar-refractivity contribution in [2.24, 2.45) is 5.92 Å². The van der Waals surface area contributed by atoms with Crippen LogP contribution in [-0.4, -0.2) is 62.0 Å². The highest BCUT2D eigenvalue weighted by atomic mass is 16.2. The second-order valence-corrected chi connectivity index (χ2v) is 6.11. The standard InChI is InChI=1S/C14H29N3O/c1-11-9-12(2)15-13(10-11)14(18)17(5)8-6-7-16(3)4/h11-13,15H,6-10H2,1-5H3. The fraction of sp³-hybridized carbons (Fsp3) is 0.929. The predicted molar refractivity (Wildman–Crippen MR) is 75.6 cm³/mol. The molecular formula is C14H29N3O. The molecule has 4 heteroatoms. The van der Waals surface area contributed by atoms with E-state index < -0.39 is 0 Å². The number of rotatable bonds is 5. The minimum absolute atomic E-state index is 0.0214. The van der Waals surface area contributed by atoms with Crippen molar-refractivity contribution in [3.05, 3.63) is 0 Å². The first-order valence-electron chi connectivity index (χ1n) is 7.06. The number of carbonyl (C=O) groups excluding carboxylic acids is 1. The minimum Gasteiger partial charge on any atom is -0.344 e. The van der Waals surface area contributed by atoms with Gasteiger partial charge in [-0.15, -0.1) is 0 Å². The monoisotopic (exact) mass is 255 g/mol. The fourth-order valence-electron chi connectivity index (χ4n) is 2.75. The maximum Gasteiger partial charge on any atom is 0.239 e. The molecule has 0 spiro atoms. The molecule has 1 fully saturated rings. The van der Waals surface area contributed by atoms with Gasteiger partial charge in [-0.2, -0.15) is 0 Å². The lowest BCUT2D eigenvalue weighted by molar-refractivity contribution is -0.133. The number of nitrogens with one attached hydrogen (secondary N) is 1. The normalized spacial score (nSPS) is 28.4. The van der Waals surface area contributed by atoms with Crippen LogP contribution in [0.25, 0.3) is 0 Å². The van der Waals surface area contributed by atoms with Crippen LogP contribution < -0.4 is 5.32 Å². The molecule has 3 atom stereocenters. The third kappa shape index (κ3) is 4.94. The minimum atomic E-state index is 0.0214. The lowest BCUT2D eigenvalue weighted by Crippen LogP contribution is -2.52. The maximum absolute atomic E-state index is 12.3. The van der Waals surface area contributed by atoms with Crippen molar-refractivity contribution in [1.82, 2.24) is 15.1 Å². The Morgan fingerprint density at radius 2 is 1.83 bits per heavy atom. The molecule has 18 heavy (non-hydrogen) atoms. The highest BCUT2D eigenvalue weighted by Gasteiger charge is 2.29. The molecule has 0 bridgehead atoms. The van der Waals surface area contributed by atoms with Crippen molar-refractivity contribution >= 4 is 5.91 Å². The molecule has 0 radical (unpaired) electrons. The van der Waals surface area contributed by atoms with Gasteiger partial charge < -0.3 is 15.1 Å². The first kappa shape index (κ1) is 15.4. The van der Waals surface area contributed by atoms with Crippen molar-refractivity contribution in [1.29, 1.82) is 0 Å². The molecule has 1 aliphatic heterocycles. The van der Waals surface area contributed by atoms with Gasteiger partial charge in [0.2, 0.25) is 5.91 Å². The van der Waals surface area contributed by atoms with Crippen LogP contribution in [0.3, 0.4) is 0 Å². The van der Waals surface area contributed by atoms with E-state index >= 15 is 0 Å². The first-order valence-corrected chi connectivity index (χ1v) is 7.06. The van der Waals surface area contributed by atoms with Gasteiger partial charge in [0.25, 0.3) is 0 Å². The molecule has 0 aromatic heterocycles. The van der Waals surface area contributed by atoms with Gasteiger partial charge in [-0.25, -0.2) is 0 Å². The van der Waals surface area contributed by atoms with Crippen molar-refractivity contribution in [2.45, 2.75) is 45.2 Å². The van der Waals surface area contributed by atoms with E-state index in [1.165, 1.54) is 6.42 Å². The Hall–Kier alpha value is -0.610. The SMILES string of the molecule is CC1CC(C)NC(C(=O)N(C)CCCN(C)C)C1. The lowest BCUT2D eigenvalue weighted by atomic mass is 9.89. The Labute approximate surface area is 112 Å². The van der Waals surface area contributed by atoms with Crippen LogP contribution in [0.1, 0.15) is 33.1 Å². The van der Waals surface area contributed by atoms with Crippen LogP contribution >= 0.6 is 0 Å². The second kappa shape index (κ2) is 7.10. The Bertz CT molecular complexity index is 258. The van der Waals surface area contributed by atoms with Gasteiger partial charge in [-0.05, 0) is 52.7 Å². The van der Waals surface area contributed by atoms with Gasteiger partial charge in [-0.3, -0.25) is 4.79 Å². The zero-order valence-corrected chi connectivity index (χ0v) is 12.6. The summed E-state index contributed by atoms with van der Waals surface area (Å²) in [6.07, 6.45) is 3.18. The van der Waals surface area contributed by atoms with Gasteiger partial charge >= 0.3 is 0 Å². The predicted octanol–water partition coefficient (Wildman–Crippen LogP) is 1.17. The smallest absolute Gasteiger partial charge is 0.239 e. The Kier molecular flexibility index (Phi) is 6.09. The van der Waals surface area contributed by atoms with Crippen LogP contribution in [0.2, 0.25) is 0 Å². The Morgan fingerprint density at radius 3 is 2.39 bits per heavy atom. The number of amides is 1. The Balaban J connectivity index is 2.38. The summed E-state index contributed by atoms with van der Waals surface area (Å²) in [4.78, 5) is 16.3. The number of hydrogen-bond acceptors (Lipinski definition) is 3. The molecule has 1 saturated heterocycles. The third-order valence-corrected chi connectivity index (χ3v) is 3.65. The largest absolute Gasteiger partial charge is 0.344 e. The fourth-order valence-corrected chi connectivity index (χ4v) is 2.75. The molecule has 106 valence electrons. The van der Waals surface area contributed by atoms with Crippen LogP contribution in [-0.2, 0) is 4.79 Å². The Morgan fingerprint density at radius 1 is 1.17 bits per heavy atom. The molecule has 1 rings (SSSR count). The lowest BCUT2D eigenvalue weighted by Gasteiger charge is -2.34. The quantitative estimate of drug-likeness (QED) is 0.801. The van der Waals surface area contributed by atoms with E-state index in [1.807, 2.05) is 11.9 Å². The topological polar surface area (TPSA) is 35.6 Å². The van der Waals surface area contributed by atoms with Crippen molar-refractivity contribution in [3.63, 3.8) is 0 Å². The molecule has 1 heterocycles. The summed E-state index contributed by atoms with van der Waals surface area (Å²) >= 11 is 0. The van der Waals surface area contributed by atoms with Crippen LogP contribution in [0.15, 0.2) is 0 Å². The van der Waals surface area contributed by atoms with Gasteiger partial charge in [0.15, 0.2) is 0 Å². The highest BCUT2D eigenvalue weighted by Crippen LogP contribution is 2.20. The summed E-state index contributed by atoms with van der Waals surface area (Å²) in [6.45, 7) is 6.28. The van der Waals surface area contributed by atoms with E-state index in [0.29, 0.717) is 12.0 Å². The van der Waals surface area contributed by atoms with Crippen LogP contribution in [0.5, 0.6) is 0 Å². The summed E-state index contributed by atoms with van der Waals surface area (Å²) in [5, 5.41) is 3.42. The van der Waals surface area contributed by atoms with E-state index in [2.05, 4.69) is 38.2 Å². The molecular weight excluding hydrogens is 226 g/mol. The number of carbonyl (C=O) groups is 1. The van der Waals surface area contributed by atoms with Gasteiger partial charge in [0.1, 0.15) is 0 Å². The average Bonchev–Trinajstić information content (AvgIpc) is 2.26. The zero-order valence-electron chi connectivity index (χ0n) is 12.6. The summed E-state index contributed by atoms with van der Waals surface area (Å²) in [6, 6.07) is 0.478. The van der Waals surface area contributed by atoms with E-state index in [-0.39, 0.29) is 11.9 Å². The van der Waals surface area contributed by atoms with E-state index in [9.17, 15) is 4.79 Å². The van der Waals surface area contributed by atoms with Crippen LogP contribution in [0, 0.1) is 5.92 Å². The molecule has 1 N–H and O–H groups in total. The van der Waals surface area contributed by atoms with Gasteiger partial charge in [0, 0.05) is 19.6 Å². The number of nitrogens with zero attached hydrogens (tertiary/aromatic N) is 2. The summed E-state index contributed by atoms with van der Waals surface area (Å²) in [5.41, 5.74) is 0. The molecule has 0 saturated carbocycles. The van der Waals surface area contributed by atoms with E-state index in [4.69, 9.17) is 0 Å². The second-order valence-electron chi connectivity index (χ2n) is 6.11. The van der Waals surface area contributed by atoms with Crippen molar-refractivity contribution in [2.75, 3.05) is 34.2 Å². The van der Waals surface area contributed by atoms with Crippen molar-refractivity contribution in [3.8, 4) is 0 Å². The number of hydrogen-bond donors (Lipinski definition) is 1. The van der Waals surface area contributed by atoms with Crippen LogP contribution in [0.4, 0.5) is 0 Å². The third-order valence-electron chi connectivity index (χ3n) is 3.65. The maximum atomic E-state index is 12.3. The van der Waals surface area contributed by atoms with Crippen molar-refractivity contribution < 1.29 is 4.79 Å². The highest BCUT2D eigenvalue weighted by molar-refractivity contribution is 5.81. The molecule has 1 amide bonds. The summed E-state index contributed by atoms with van der Waals surface area (Å²) in [7, 11) is 6.05. The molecule has 0 aromatic rings. The number of piperidine rings is 1. The summed E-state index contributed by atoms with van der Waals surface area (Å²) in [5.74, 6) is 0.900. The van der Waals surface area contributed by atoms with E-state index in [0.717, 1.165) is 25.9 Å². The van der Waals surface area contributed by atoms with E-state index in [1.54, 1.807) is 0 Å². The summed E-state index contributed by atoms with van der Waals surface area (Å²) < 4.78 is 0. The molecule has 0 aliphatic carbocycles. The molecule has 1 aliphatic rings. The molecule has 0 aromatic carbocycles.